The molecule has 152 valence electrons. The summed E-state index contributed by atoms with van der Waals surface area (Å²) in [5.74, 6) is 2.04. The van der Waals surface area contributed by atoms with Crippen LogP contribution in [0.2, 0.25) is 0 Å². The van der Waals surface area contributed by atoms with E-state index in [9.17, 15) is 4.79 Å². The molecule has 0 saturated heterocycles. The van der Waals surface area contributed by atoms with E-state index in [1.165, 1.54) is 0 Å². The Kier molecular flexibility index (Phi) is 4.74. The van der Waals surface area contributed by atoms with Crippen LogP contribution in [0.4, 0.5) is 0 Å². The maximum Gasteiger partial charge on any atom is 0.261 e. The van der Waals surface area contributed by atoms with E-state index < -0.39 is 0 Å². The van der Waals surface area contributed by atoms with Crippen molar-refractivity contribution in [2.45, 2.75) is 44.6 Å². The van der Waals surface area contributed by atoms with Gasteiger partial charge in [-0.25, -0.2) is 0 Å². The summed E-state index contributed by atoms with van der Waals surface area (Å²) < 4.78 is 7.30. The smallest absolute Gasteiger partial charge is 0.261 e. The molecule has 8 heteroatoms. The number of fused-ring (bicyclic) bond motifs is 1. The van der Waals surface area contributed by atoms with E-state index in [-0.39, 0.29) is 18.4 Å². The van der Waals surface area contributed by atoms with Crippen molar-refractivity contribution >= 4 is 11.6 Å². The van der Waals surface area contributed by atoms with Gasteiger partial charge in [0.25, 0.3) is 5.89 Å². The molecule has 0 radical (unpaired) electrons. The van der Waals surface area contributed by atoms with Crippen molar-refractivity contribution in [3.63, 3.8) is 0 Å². The first-order valence-corrected chi connectivity index (χ1v) is 10.2. The average molecular weight is 402 g/mol. The molecule has 1 N–H and O–H groups in total. The average Bonchev–Trinajstić information content (AvgIpc) is 3.36. The number of hydrogen-bond donors (Lipinski definition) is 1. The van der Waals surface area contributed by atoms with Crippen LogP contribution in [0, 0.1) is 0 Å². The normalized spacial score (nSPS) is 14.7. The van der Waals surface area contributed by atoms with Gasteiger partial charge in [0, 0.05) is 12.1 Å². The molecule has 3 heterocycles. The van der Waals surface area contributed by atoms with Crippen molar-refractivity contribution in [3.8, 4) is 11.5 Å². The Labute approximate surface area is 173 Å². The molecule has 3 aromatic heterocycles. The molecule has 30 heavy (non-hydrogen) atoms. The molecular formula is C22H22N6O2. The third-order valence-electron chi connectivity index (χ3n) is 5.47. The number of nitrogens with one attached hydrogen (secondary N) is 1. The van der Waals surface area contributed by atoms with Crippen molar-refractivity contribution in [2.24, 2.45) is 0 Å². The van der Waals surface area contributed by atoms with E-state index in [0.29, 0.717) is 23.3 Å². The molecule has 1 aliphatic carbocycles. The second-order valence-corrected chi connectivity index (χ2v) is 7.55. The van der Waals surface area contributed by atoms with E-state index in [1.54, 1.807) is 0 Å². The number of rotatable bonds is 7. The third-order valence-corrected chi connectivity index (χ3v) is 5.47. The van der Waals surface area contributed by atoms with E-state index >= 15 is 0 Å². The second-order valence-electron chi connectivity index (χ2n) is 7.55. The molecule has 5 rings (SSSR count). The van der Waals surface area contributed by atoms with Crippen molar-refractivity contribution in [1.82, 2.24) is 30.1 Å². The summed E-state index contributed by atoms with van der Waals surface area (Å²) in [4.78, 5) is 17.3. The molecule has 1 amide bonds. The van der Waals surface area contributed by atoms with E-state index in [2.05, 4.69) is 25.7 Å². The predicted molar refractivity (Wildman–Crippen MR) is 110 cm³/mol. The van der Waals surface area contributed by atoms with Crippen molar-refractivity contribution < 1.29 is 9.32 Å². The van der Waals surface area contributed by atoms with Gasteiger partial charge in [-0.1, -0.05) is 42.4 Å². The summed E-state index contributed by atoms with van der Waals surface area (Å²) in [5, 5.41) is 15.7. The molecule has 0 bridgehead atoms. The highest BCUT2D eigenvalue weighted by molar-refractivity contribution is 5.83. The van der Waals surface area contributed by atoms with Crippen LogP contribution in [0.3, 0.4) is 0 Å². The lowest BCUT2D eigenvalue weighted by Crippen LogP contribution is -2.29. The highest BCUT2D eigenvalue weighted by atomic mass is 16.5. The Bertz CT molecular complexity index is 1180. The molecule has 1 atom stereocenters. The van der Waals surface area contributed by atoms with Gasteiger partial charge in [-0.15, -0.1) is 10.2 Å². The SMILES string of the molecule is CCC(C(=O)NCc1nnc2c(-c3nc(C4CC4)no3)cccn12)c1ccccc1. The van der Waals surface area contributed by atoms with E-state index in [4.69, 9.17) is 4.52 Å². The fraction of sp³-hybridized carbons (Fsp3) is 0.318. The highest BCUT2D eigenvalue weighted by Crippen LogP contribution is 2.39. The molecule has 1 aliphatic rings. The topological polar surface area (TPSA) is 98.2 Å². The Morgan fingerprint density at radius 3 is 2.80 bits per heavy atom. The van der Waals surface area contributed by atoms with Crippen LogP contribution in [0.15, 0.2) is 53.2 Å². The number of carbonyl (C=O) groups is 1. The summed E-state index contributed by atoms with van der Waals surface area (Å²) in [6.07, 6.45) is 4.81. The molecule has 0 spiro atoms. The van der Waals surface area contributed by atoms with Gasteiger partial charge < -0.3 is 9.84 Å². The number of amides is 1. The zero-order valence-corrected chi connectivity index (χ0v) is 16.7. The van der Waals surface area contributed by atoms with Crippen molar-refractivity contribution in [1.29, 1.82) is 0 Å². The summed E-state index contributed by atoms with van der Waals surface area (Å²) >= 11 is 0. The van der Waals surface area contributed by atoms with Gasteiger partial charge >= 0.3 is 0 Å². The summed E-state index contributed by atoms with van der Waals surface area (Å²) in [6.45, 7) is 2.29. The number of carbonyl (C=O) groups excluding carboxylic acids is 1. The number of hydrogen-bond acceptors (Lipinski definition) is 6. The van der Waals surface area contributed by atoms with Crippen LogP contribution in [0.25, 0.3) is 17.1 Å². The minimum Gasteiger partial charge on any atom is -0.348 e. The van der Waals surface area contributed by atoms with Gasteiger partial charge in [-0.3, -0.25) is 9.20 Å². The van der Waals surface area contributed by atoms with E-state index in [1.807, 2.05) is 60.0 Å². The molecule has 8 nitrogen and oxygen atoms in total. The van der Waals surface area contributed by atoms with Crippen LogP contribution in [-0.2, 0) is 11.3 Å². The number of benzene rings is 1. The van der Waals surface area contributed by atoms with Gasteiger partial charge in [0.2, 0.25) is 5.91 Å². The minimum absolute atomic E-state index is 0.0254. The van der Waals surface area contributed by atoms with Crippen LogP contribution in [0.1, 0.15) is 55.2 Å². The van der Waals surface area contributed by atoms with Crippen LogP contribution in [-0.4, -0.2) is 30.6 Å². The largest absolute Gasteiger partial charge is 0.348 e. The first kappa shape index (κ1) is 18.5. The fourth-order valence-corrected chi connectivity index (χ4v) is 3.65. The van der Waals surface area contributed by atoms with Gasteiger partial charge in [-0.2, -0.15) is 4.98 Å². The van der Waals surface area contributed by atoms with Crippen molar-refractivity contribution in [2.75, 3.05) is 0 Å². The zero-order valence-electron chi connectivity index (χ0n) is 16.7. The summed E-state index contributed by atoms with van der Waals surface area (Å²) in [5.41, 5.74) is 2.37. The lowest BCUT2D eigenvalue weighted by Gasteiger charge is -2.15. The van der Waals surface area contributed by atoms with Crippen LogP contribution >= 0.6 is 0 Å². The zero-order chi connectivity index (χ0) is 20.5. The molecule has 1 saturated carbocycles. The Hall–Kier alpha value is -3.55. The lowest BCUT2D eigenvalue weighted by atomic mass is 9.96. The molecular weight excluding hydrogens is 380 g/mol. The third kappa shape index (κ3) is 3.45. The van der Waals surface area contributed by atoms with E-state index in [0.717, 1.165) is 36.2 Å². The maximum atomic E-state index is 12.8. The number of nitrogens with zero attached hydrogens (tertiary/aromatic N) is 5. The summed E-state index contributed by atoms with van der Waals surface area (Å²) in [7, 11) is 0. The highest BCUT2D eigenvalue weighted by Gasteiger charge is 2.29. The number of pyridine rings is 1. The standard InChI is InChI=1S/C22H22N6O2/c1-2-16(14-7-4-3-5-8-14)21(29)23-13-18-25-26-20-17(9-6-12-28(18)20)22-24-19(27-30-22)15-10-11-15/h3-9,12,15-16H,2,10-11,13H2,1H3,(H,23,29). The van der Waals surface area contributed by atoms with Crippen LogP contribution < -0.4 is 5.32 Å². The molecule has 0 aliphatic heterocycles. The number of aromatic nitrogens is 5. The fourth-order valence-electron chi connectivity index (χ4n) is 3.65. The van der Waals surface area contributed by atoms with Crippen molar-refractivity contribution in [3.05, 3.63) is 65.9 Å². The first-order valence-electron chi connectivity index (χ1n) is 10.2. The molecule has 1 aromatic carbocycles. The maximum absolute atomic E-state index is 12.8. The molecule has 1 unspecified atom stereocenters. The molecule has 1 fully saturated rings. The van der Waals surface area contributed by atoms with Gasteiger partial charge in [0.1, 0.15) is 0 Å². The van der Waals surface area contributed by atoms with Gasteiger partial charge in [0.05, 0.1) is 18.0 Å². The Morgan fingerprint density at radius 1 is 1.20 bits per heavy atom. The first-order chi connectivity index (χ1) is 14.7. The Morgan fingerprint density at radius 2 is 2.03 bits per heavy atom. The van der Waals surface area contributed by atoms with Gasteiger partial charge in [-0.05, 0) is 37.0 Å². The molecule has 4 aromatic rings. The lowest BCUT2D eigenvalue weighted by molar-refractivity contribution is -0.122. The van der Waals surface area contributed by atoms with Crippen LogP contribution in [0.5, 0.6) is 0 Å². The summed E-state index contributed by atoms with van der Waals surface area (Å²) in [6, 6.07) is 13.6. The quantitative estimate of drug-likeness (QED) is 0.508. The van der Waals surface area contributed by atoms with Gasteiger partial charge in [0.15, 0.2) is 17.3 Å². The minimum atomic E-state index is -0.194. The second kappa shape index (κ2) is 7.70. The monoisotopic (exact) mass is 402 g/mol. The predicted octanol–water partition coefficient (Wildman–Crippen LogP) is 3.47. The Balaban J connectivity index is 1.36.